The van der Waals surface area contributed by atoms with Crippen molar-refractivity contribution >= 4 is 0 Å². The maximum atomic E-state index is 13.9. The van der Waals surface area contributed by atoms with Crippen LogP contribution in [0.4, 0.5) is 4.39 Å². The molecule has 1 fully saturated rings. The Morgan fingerprint density at radius 2 is 1.81 bits per heavy atom. The number of nitrogens with one attached hydrogen (secondary N) is 1. The molecule has 0 spiro atoms. The number of benzene rings is 2. The highest BCUT2D eigenvalue weighted by molar-refractivity contribution is 5.31. The number of halogens is 1. The molecule has 1 aliphatic rings. The van der Waals surface area contributed by atoms with Gasteiger partial charge in [0.2, 0.25) is 0 Å². The Kier molecular flexibility index (Phi) is 4.51. The number of alkyl halides is 1. The summed E-state index contributed by atoms with van der Waals surface area (Å²) in [5.74, 6) is 0.835. The molecule has 21 heavy (non-hydrogen) atoms. The van der Waals surface area contributed by atoms with Gasteiger partial charge in [0.05, 0.1) is 0 Å². The van der Waals surface area contributed by atoms with E-state index in [0.717, 1.165) is 29.8 Å². The van der Waals surface area contributed by atoms with Crippen LogP contribution in [0.5, 0.6) is 5.75 Å². The fourth-order valence-corrected chi connectivity index (χ4v) is 2.75. The fraction of sp³-hybridized carbons (Fsp3) is 0.333. The van der Waals surface area contributed by atoms with E-state index in [2.05, 4.69) is 5.32 Å². The Morgan fingerprint density at radius 1 is 1.05 bits per heavy atom. The fourth-order valence-electron chi connectivity index (χ4n) is 2.75. The Morgan fingerprint density at radius 3 is 2.52 bits per heavy atom. The molecule has 2 nitrogen and oxygen atoms in total. The zero-order valence-corrected chi connectivity index (χ0v) is 12.0. The highest BCUT2D eigenvalue weighted by Crippen LogP contribution is 2.29. The molecular weight excluding hydrogens is 265 g/mol. The van der Waals surface area contributed by atoms with Crippen LogP contribution in [-0.4, -0.2) is 19.3 Å². The molecule has 1 aliphatic heterocycles. The number of hydrogen-bond acceptors (Lipinski definition) is 2. The van der Waals surface area contributed by atoms with Crippen LogP contribution in [0.25, 0.3) is 0 Å². The number of hydrogen-bond donors (Lipinski definition) is 1. The Labute approximate surface area is 125 Å². The van der Waals surface area contributed by atoms with Crippen molar-refractivity contribution in [1.29, 1.82) is 0 Å². The van der Waals surface area contributed by atoms with Gasteiger partial charge in [-0.1, -0.05) is 42.5 Å². The number of ether oxygens (including phenoxy) is 1. The summed E-state index contributed by atoms with van der Waals surface area (Å²) in [5.41, 5.74) is 2.21. The van der Waals surface area contributed by atoms with Gasteiger partial charge in [-0.3, -0.25) is 0 Å². The highest BCUT2D eigenvalue weighted by Gasteiger charge is 2.25. The minimum absolute atomic E-state index is 0.00873. The third kappa shape index (κ3) is 3.61. The molecule has 0 bridgehead atoms. The van der Waals surface area contributed by atoms with Crippen LogP contribution in [0.15, 0.2) is 54.6 Å². The first-order valence-electron chi connectivity index (χ1n) is 7.44. The van der Waals surface area contributed by atoms with Crippen LogP contribution in [-0.2, 0) is 6.61 Å². The van der Waals surface area contributed by atoms with Gasteiger partial charge in [0.1, 0.15) is 18.5 Å². The predicted octanol–water partition coefficient (Wildman–Crippen LogP) is 3.68. The molecule has 2 aromatic carbocycles. The molecule has 0 aliphatic carbocycles. The molecule has 110 valence electrons. The van der Waals surface area contributed by atoms with Gasteiger partial charge in [-0.15, -0.1) is 0 Å². The molecule has 2 atom stereocenters. The summed E-state index contributed by atoms with van der Waals surface area (Å²) < 4.78 is 19.7. The van der Waals surface area contributed by atoms with Crippen LogP contribution in [0.1, 0.15) is 23.5 Å². The largest absolute Gasteiger partial charge is 0.489 e. The number of rotatable bonds is 4. The van der Waals surface area contributed by atoms with E-state index in [1.165, 1.54) is 0 Å². The standard InChI is InChI=1S/C18H20FNO/c19-18-12-20-11-10-17(18)15-6-8-16(9-7-15)21-13-14-4-2-1-3-5-14/h1-9,17-18,20H,10-13H2/t17-,18-/m0/s1. The van der Waals surface area contributed by atoms with E-state index in [0.29, 0.717) is 13.2 Å². The van der Waals surface area contributed by atoms with E-state index in [4.69, 9.17) is 4.74 Å². The van der Waals surface area contributed by atoms with Crippen molar-refractivity contribution < 1.29 is 9.13 Å². The lowest BCUT2D eigenvalue weighted by Crippen LogP contribution is -2.36. The van der Waals surface area contributed by atoms with Crippen LogP contribution >= 0.6 is 0 Å². The molecule has 2 aromatic rings. The molecule has 0 amide bonds. The zero-order valence-electron chi connectivity index (χ0n) is 12.0. The van der Waals surface area contributed by atoms with E-state index in [1.807, 2.05) is 54.6 Å². The van der Waals surface area contributed by atoms with Gasteiger partial charge >= 0.3 is 0 Å². The first-order valence-corrected chi connectivity index (χ1v) is 7.44. The van der Waals surface area contributed by atoms with E-state index in [-0.39, 0.29) is 5.92 Å². The third-order valence-corrected chi connectivity index (χ3v) is 3.96. The lowest BCUT2D eigenvalue weighted by atomic mass is 9.89. The summed E-state index contributed by atoms with van der Waals surface area (Å²) in [4.78, 5) is 0. The molecule has 0 aromatic heterocycles. The maximum Gasteiger partial charge on any atom is 0.119 e. The van der Waals surface area contributed by atoms with E-state index in [1.54, 1.807) is 0 Å². The van der Waals surface area contributed by atoms with E-state index < -0.39 is 6.17 Å². The minimum atomic E-state index is -0.796. The van der Waals surface area contributed by atoms with Gasteiger partial charge in [-0.2, -0.15) is 0 Å². The average Bonchev–Trinajstić information content (AvgIpc) is 2.55. The topological polar surface area (TPSA) is 21.3 Å². The second-order valence-corrected chi connectivity index (χ2v) is 5.46. The molecule has 1 saturated heterocycles. The normalized spacial score (nSPS) is 22.0. The van der Waals surface area contributed by atoms with Crippen LogP contribution in [0, 0.1) is 0 Å². The summed E-state index contributed by atoms with van der Waals surface area (Å²) >= 11 is 0. The van der Waals surface area contributed by atoms with Crippen molar-refractivity contribution in [1.82, 2.24) is 5.32 Å². The van der Waals surface area contributed by atoms with Crippen molar-refractivity contribution in [3.8, 4) is 5.75 Å². The van der Waals surface area contributed by atoms with Gasteiger partial charge < -0.3 is 10.1 Å². The molecule has 1 N–H and O–H groups in total. The molecule has 0 saturated carbocycles. The van der Waals surface area contributed by atoms with Crippen molar-refractivity contribution in [3.63, 3.8) is 0 Å². The maximum absolute atomic E-state index is 13.9. The quantitative estimate of drug-likeness (QED) is 0.925. The van der Waals surface area contributed by atoms with Gasteiger partial charge in [-0.25, -0.2) is 4.39 Å². The van der Waals surface area contributed by atoms with Gasteiger partial charge in [0, 0.05) is 12.5 Å². The predicted molar refractivity (Wildman–Crippen MR) is 82.3 cm³/mol. The second kappa shape index (κ2) is 6.72. The lowest BCUT2D eigenvalue weighted by molar-refractivity contribution is 0.231. The first-order chi connectivity index (χ1) is 10.3. The summed E-state index contributed by atoms with van der Waals surface area (Å²) in [6.07, 6.45) is 0.0561. The van der Waals surface area contributed by atoms with Gasteiger partial charge in [-0.05, 0) is 36.2 Å². The second-order valence-electron chi connectivity index (χ2n) is 5.46. The summed E-state index contributed by atoms with van der Waals surface area (Å²) in [6, 6.07) is 17.9. The van der Waals surface area contributed by atoms with Crippen LogP contribution in [0.3, 0.4) is 0 Å². The van der Waals surface area contributed by atoms with Crippen LogP contribution < -0.4 is 10.1 Å². The average molecular weight is 285 g/mol. The monoisotopic (exact) mass is 285 g/mol. The van der Waals surface area contributed by atoms with E-state index >= 15 is 0 Å². The van der Waals surface area contributed by atoms with Crippen molar-refractivity contribution in [2.24, 2.45) is 0 Å². The molecule has 1 heterocycles. The minimum Gasteiger partial charge on any atom is -0.489 e. The Hall–Kier alpha value is -1.87. The van der Waals surface area contributed by atoms with Gasteiger partial charge in [0.25, 0.3) is 0 Å². The van der Waals surface area contributed by atoms with Crippen molar-refractivity contribution in [2.75, 3.05) is 13.1 Å². The summed E-state index contributed by atoms with van der Waals surface area (Å²) in [7, 11) is 0. The molecular formula is C18H20FNO. The molecule has 0 unspecified atom stereocenters. The third-order valence-electron chi connectivity index (χ3n) is 3.96. The SMILES string of the molecule is F[C@H]1CNCC[C@H]1c1ccc(OCc2ccccc2)cc1. The van der Waals surface area contributed by atoms with Crippen molar-refractivity contribution in [3.05, 3.63) is 65.7 Å². The molecule has 0 radical (unpaired) electrons. The smallest absolute Gasteiger partial charge is 0.119 e. The van der Waals surface area contributed by atoms with Crippen LogP contribution in [0.2, 0.25) is 0 Å². The first kappa shape index (κ1) is 14.1. The highest BCUT2D eigenvalue weighted by atomic mass is 19.1. The molecule has 3 rings (SSSR count). The van der Waals surface area contributed by atoms with Gasteiger partial charge in [0.15, 0.2) is 0 Å². The number of piperidine rings is 1. The Bertz CT molecular complexity index is 555. The lowest BCUT2D eigenvalue weighted by Gasteiger charge is -2.27. The summed E-state index contributed by atoms with van der Waals surface area (Å²) in [6.45, 7) is 1.90. The molecule has 3 heteroatoms. The van der Waals surface area contributed by atoms with E-state index in [9.17, 15) is 4.39 Å². The summed E-state index contributed by atoms with van der Waals surface area (Å²) in [5, 5.41) is 3.08. The van der Waals surface area contributed by atoms with Crippen molar-refractivity contribution in [2.45, 2.75) is 25.1 Å². The zero-order chi connectivity index (χ0) is 14.5. The Balaban J connectivity index is 1.61.